The summed E-state index contributed by atoms with van der Waals surface area (Å²) in [5.41, 5.74) is 7.60. The molecule has 1 N–H and O–H groups in total. The maximum absolute atomic E-state index is 12.5. The van der Waals surface area contributed by atoms with E-state index in [1.807, 2.05) is 4.90 Å². The molecule has 2 aliphatic rings. The lowest BCUT2D eigenvalue weighted by Gasteiger charge is -2.30. The molecule has 30 heavy (non-hydrogen) atoms. The average molecular weight is 402 g/mol. The summed E-state index contributed by atoms with van der Waals surface area (Å²) in [4.78, 5) is 25.7. The number of hydrogen-bond acceptors (Lipinski definition) is 3. The molecule has 0 unspecified atom stereocenters. The van der Waals surface area contributed by atoms with Gasteiger partial charge in [-0.05, 0) is 47.6 Å². The van der Waals surface area contributed by atoms with Gasteiger partial charge in [0.1, 0.15) is 6.54 Å². The fourth-order valence-corrected chi connectivity index (χ4v) is 4.16. The van der Waals surface area contributed by atoms with E-state index in [-0.39, 0.29) is 12.5 Å². The van der Waals surface area contributed by atoms with Crippen molar-refractivity contribution < 1.29 is 14.3 Å². The Bertz CT molecular complexity index is 961. The molecule has 0 radical (unpaired) electrons. The highest BCUT2D eigenvalue weighted by atomic mass is 16.5. The van der Waals surface area contributed by atoms with Crippen molar-refractivity contribution >= 4 is 29.7 Å². The second-order valence-corrected chi connectivity index (χ2v) is 7.44. The van der Waals surface area contributed by atoms with Gasteiger partial charge in [-0.1, -0.05) is 66.3 Å². The first-order chi connectivity index (χ1) is 14.7. The van der Waals surface area contributed by atoms with E-state index in [0.717, 1.165) is 12.8 Å². The highest BCUT2D eigenvalue weighted by molar-refractivity contribution is 5.95. The summed E-state index contributed by atoms with van der Waals surface area (Å²) in [6, 6.07) is 17.0. The van der Waals surface area contributed by atoms with Crippen LogP contribution in [0.1, 0.15) is 42.0 Å². The summed E-state index contributed by atoms with van der Waals surface area (Å²) in [7, 11) is 0. The van der Waals surface area contributed by atoms with E-state index in [2.05, 4.69) is 66.0 Å². The van der Waals surface area contributed by atoms with Crippen LogP contribution in [0.4, 0.5) is 4.79 Å². The summed E-state index contributed by atoms with van der Waals surface area (Å²) < 4.78 is 4.82. The van der Waals surface area contributed by atoms with E-state index in [1.54, 1.807) is 6.92 Å². The second kappa shape index (κ2) is 8.99. The number of amides is 2. The van der Waals surface area contributed by atoms with Gasteiger partial charge in [-0.15, -0.1) is 0 Å². The number of nitrogens with zero attached hydrogens (tertiary/aromatic N) is 1. The van der Waals surface area contributed by atoms with Crippen molar-refractivity contribution in [2.45, 2.75) is 19.8 Å². The van der Waals surface area contributed by atoms with Crippen LogP contribution in [0, 0.1) is 0 Å². The van der Waals surface area contributed by atoms with E-state index >= 15 is 0 Å². The summed E-state index contributed by atoms with van der Waals surface area (Å²) in [5.74, 6) is -0.0737. The molecular weight excluding hydrogens is 376 g/mol. The molecule has 154 valence electrons. The fourth-order valence-electron chi connectivity index (χ4n) is 4.16. The first-order valence-electron chi connectivity index (χ1n) is 10.4. The molecule has 1 saturated heterocycles. The predicted molar refractivity (Wildman–Crippen MR) is 119 cm³/mol. The molecule has 5 nitrogen and oxygen atoms in total. The number of fused-ring (bicyclic) bond motifs is 2. The van der Waals surface area contributed by atoms with Crippen molar-refractivity contribution in [2.75, 3.05) is 26.2 Å². The topological polar surface area (TPSA) is 58.6 Å². The van der Waals surface area contributed by atoms with Crippen LogP contribution in [-0.2, 0) is 9.53 Å². The van der Waals surface area contributed by atoms with Crippen molar-refractivity contribution in [1.29, 1.82) is 0 Å². The van der Waals surface area contributed by atoms with Gasteiger partial charge in [0.2, 0.25) is 5.91 Å². The van der Waals surface area contributed by atoms with Gasteiger partial charge in [0.15, 0.2) is 0 Å². The molecule has 4 rings (SSSR count). The van der Waals surface area contributed by atoms with Crippen molar-refractivity contribution in [3.63, 3.8) is 0 Å². The van der Waals surface area contributed by atoms with Gasteiger partial charge in [0.25, 0.3) is 0 Å². The van der Waals surface area contributed by atoms with Crippen LogP contribution < -0.4 is 5.32 Å². The zero-order chi connectivity index (χ0) is 20.9. The van der Waals surface area contributed by atoms with Gasteiger partial charge >= 0.3 is 6.09 Å². The number of benzene rings is 2. The smallest absolute Gasteiger partial charge is 0.407 e. The van der Waals surface area contributed by atoms with E-state index in [0.29, 0.717) is 19.7 Å². The number of hydrogen-bond donors (Lipinski definition) is 1. The first-order valence-corrected chi connectivity index (χ1v) is 10.4. The minimum Gasteiger partial charge on any atom is -0.450 e. The van der Waals surface area contributed by atoms with Crippen molar-refractivity contribution in [1.82, 2.24) is 10.2 Å². The summed E-state index contributed by atoms with van der Waals surface area (Å²) in [5, 5.41) is 2.52. The highest BCUT2D eigenvalue weighted by Crippen LogP contribution is 2.38. The van der Waals surface area contributed by atoms with Crippen LogP contribution >= 0.6 is 0 Å². The molecule has 1 aliphatic heterocycles. The molecule has 1 fully saturated rings. The van der Waals surface area contributed by atoms with Crippen molar-refractivity contribution in [3.05, 3.63) is 76.4 Å². The number of carbonyl (C=O) groups is 2. The monoisotopic (exact) mass is 402 g/mol. The molecule has 5 heteroatoms. The zero-order valence-corrected chi connectivity index (χ0v) is 17.2. The molecule has 2 aromatic rings. The van der Waals surface area contributed by atoms with Gasteiger partial charge in [-0.25, -0.2) is 4.79 Å². The third-order valence-corrected chi connectivity index (χ3v) is 5.64. The third-order valence-electron chi connectivity index (χ3n) is 5.64. The lowest BCUT2D eigenvalue weighted by atomic mass is 9.86. The fraction of sp³-hybridized carbons (Fsp3) is 0.280. The number of nitrogens with one attached hydrogen (secondary N) is 1. The van der Waals surface area contributed by atoms with E-state index in [9.17, 15) is 9.59 Å². The van der Waals surface area contributed by atoms with Gasteiger partial charge < -0.3 is 15.0 Å². The van der Waals surface area contributed by atoms with Crippen LogP contribution in [0.2, 0.25) is 0 Å². The Morgan fingerprint density at radius 1 is 0.933 bits per heavy atom. The van der Waals surface area contributed by atoms with E-state index in [4.69, 9.17) is 4.74 Å². The number of carbonyl (C=O) groups excluding carboxylic acids is 2. The molecule has 2 amide bonds. The van der Waals surface area contributed by atoms with Crippen LogP contribution in [-0.4, -0.2) is 43.1 Å². The first kappa shape index (κ1) is 20.0. The second-order valence-electron chi connectivity index (χ2n) is 7.44. The maximum atomic E-state index is 12.5. The minimum absolute atomic E-state index is 0.0275. The maximum Gasteiger partial charge on any atom is 0.407 e. The van der Waals surface area contributed by atoms with Gasteiger partial charge in [-0.3, -0.25) is 4.79 Å². The molecule has 0 bridgehead atoms. The van der Waals surface area contributed by atoms with E-state index in [1.165, 1.54) is 33.4 Å². The Morgan fingerprint density at radius 2 is 1.50 bits per heavy atom. The SMILES string of the molecule is CCOC(=O)NCC(=O)N1CCC(=C2c3ccccc3C=Cc3ccccc32)CC1. The van der Waals surface area contributed by atoms with Gasteiger partial charge in [0.05, 0.1) is 6.61 Å². The average Bonchev–Trinajstić information content (AvgIpc) is 2.95. The minimum atomic E-state index is -0.551. The molecular formula is C25H26N2O3. The molecule has 0 spiro atoms. The van der Waals surface area contributed by atoms with Gasteiger partial charge in [-0.2, -0.15) is 0 Å². The normalized spacial score (nSPS) is 15.2. The quantitative estimate of drug-likeness (QED) is 0.709. The largest absolute Gasteiger partial charge is 0.450 e. The lowest BCUT2D eigenvalue weighted by molar-refractivity contribution is -0.130. The number of piperidine rings is 1. The summed E-state index contributed by atoms with van der Waals surface area (Å²) in [6.45, 7) is 3.30. The van der Waals surface area contributed by atoms with Crippen LogP contribution in [0.5, 0.6) is 0 Å². The van der Waals surface area contributed by atoms with Gasteiger partial charge in [0, 0.05) is 13.1 Å². The number of ether oxygens (including phenoxy) is 1. The predicted octanol–water partition coefficient (Wildman–Crippen LogP) is 4.34. The van der Waals surface area contributed by atoms with Crippen molar-refractivity contribution in [3.8, 4) is 0 Å². The molecule has 1 aliphatic carbocycles. The van der Waals surface area contributed by atoms with Crippen LogP contribution in [0.15, 0.2) is 54.1 Å². The number of alkyl carbamates (subject to hydrolysis) is 1. The third kappa shape index (κ3) is 4.15. The standard InChI is InChI=1S/C25H26N2O3/c1-2-30-25(29)26-17-23(28)27-15-13-20(14-16-27)24-21-9-5-3-7-18(21)11-12-19-8-4-6-10-22(19)24/h3-12H,2,13-17H2,1H3,(H,26,29). The Morgan fingerprint density at radius 3 is 2.07 bits per heavy atom. The number of likely N-dealkylation sites (tertiary alicyclic amines) is 1. The molecule has 0 atom stereocenters. The molecule has 0 aromatic heterocycles. The van der Waals surface area contributed by atoms with Crippen molar-refractivity contribution in [2.24, 2.45) is 0 Å². The molecule has 0 saturated carbocycles. The Balaban J connectivity index is 1.56. The van der Waals surface area contributed by atoms with Crippen LogP contribution in [0.3, 0.4) is 0 Å². The zero-order valence-electron chi connectivity index (χ0n) is 17.2. The molecule has 1 heterocycles. The Labute approximate surface area is 177 Å². The summed E-state index contributed by atoms with van der Waals surface area (Å²) >= 11 is 0. The van der Waals surface area contributed by atoms with Crippen LogP contribution in [0.25, 0.3) is 17.7 Å². The number of rotatable bonds is 3. The molecule has 2 aromatic carbocycles. The highest BCUT2D eigenvalue weighted by Gasteiger charge is 2.24. The Kier molecular flexibility index (Phi) is 5.98. The lowest BCUT2D eigenvalue weighted by Crippen LogP contribution is -2.43. The van der Waals surface area contributed by atoms with E-state index < -0.39 is 6.09 Å². The Hall–Kier alpha value is -3.34. The summed E-state index contributed by atoms with van der Waals surface area (Å²) in [6.07, 6.45) is 5.46.